The van der Waals surface area contributed by atoms with Crippen LogP contribution >= 0.6 is 0 Å². The summed E-state index contributed by atoms with van der Waals surface area (Å²) in [6.45, 7) is 6.60. The molecule has 5 heteroatoms. The van der Waals surface area contributed by atoms with Gasteiger partial charge in [0.2, 0.25) is 0 Å². The average Bonchev–Trinajstić information content (AvgIpc) is 3.22. The van der Waals surface area contributed by atoms with Crippen LogP contribution in [-0.4, -0.2) is 45.3 Å². The highest BCUT2D eigenvalue weighted by Crippen LogP contribution is 2.20. The van der Waals surface area contributed by atoms with Crippen molar-refractivity contribution in [1.82, 2.24) is 10.6 Å². The van der Waals surface area contributed by atoms with Crippen LogP contribution in [-0.2, 0) is 11.3 Å². The van der Waals surface area contributed by atoms with E-state index in [1.54, 1.807) is 0 Å². The van der Waals surface area contributed by atoms with E-state index in [0.717, 1.165) is 51.5 Å². The Bertz CT molecular complexity index is 745. The second kappa shape index (κ2) is 11.5. The molecule has 2 aromatic carbocycles. The van der Waals surface area contributed by atoms with E-state index in [-0.39, 0.29) is 0 Å². The quantitative estimate of drug-likeness (QED) is 0.386. The van der Waals surface area contributed by atoms with Crippen LogP contribution in [0.3, 0.4) is 0 Å². The number of aryl methyl sites for hydroxylation is 1. The van der Waals surface area contributed by atoms with E-state index in [4.69, 9.17) is 4.74 Å². The van der Waals surface area contributed by atoms with E-state index in [9.17, 15) is 0 Å². The number of hydrogen-bond acceptors (Lipinski definition) is 3. The van der Waals surface area contributed by atoms with Gasteiger partial charge in [0.25, 0.3) is 0 Å². The topological polar surface area (TPSA) is 48.9 Å². The van der Waals surface area contributed by atoms with E-state index in [1.807, 2.05) is 25.2 Å². The highest BCUT2D eigenvalue weighted by atomic mass is 16.5. The molecule has 0 amide bonds. The van der Waals surface area contributed by atoms with E-state index < -0.39 is 0 Å². The molecule has 5 nitrogen and oxygen atoms in total. The standard InChI is InChI=1S/C24H34N4O/c1-20-10-12-23(13-11-20)28-16-14-22(18-28)27-24(25-2)26-15-6-7-17-29-19-21-8-4-3-5-9-21/h3-5,8-13,22H,6-7,14-19H2,1-2H3,(H2,25,26,27). The fraction of sp³-hybridized carbons (Fsp3) is 0.458. The third kappa shape index (κ3) is 7.09. The second-order valence-electron chi connectivity index (χ2n) is 7.66. The zero-order chi connectivity index (χ0) is 20.3. The Morgan fingerprint density at radius 1 is 1.10 bits per heavy atom. The van der Waals surface area contributed by atoms with Crippen LogP contribution in [0, 0.1) is 6.92 Å². The van der Waals surface area contributed by atoms with E-state index in [1.165, 1.54) is 16.8 Å². The Balaban J connectivity index is 1.28. The molecule has 0 spiro atoms. The Morgan fingerprint density at radius 2 is 1.90 bits per heavy atom. The molecule has 156 valence electrons. The zero-order valence-corrected chi connectivity index (χ0v) is 17.7. The number of aliphatic imine (C=N–C) groups is 1. The van der Waals surface area contributed by atoms with Crippen LogP contribution in [0.1, 0.15) is 30.4 Å². The van der Waals surface area contributed by atoms with E-state index in [0.29, 0.717) is 12.6 Å². The highest BCUT2D eigenvalue weighted by molar-refractivity contribution is 5.80. The smallest absolute Gasteiger partial charge is 0.191 e. The third-order valence-corrected chi connectivity index (χ3v) is 5.27. The predicted molar refractivity (Wildman–Crippen MR) is 122 cm³/mol. The monoisotopic (exact) mass is 394 g/mol. The summed E-state index contributed by atoms with van der Waals surface area (Å²) in [5.74, 6) is 0.894. The summed E-state index contributed by atoms with van der Waals surface area (Å²) in [6, 6.07) is 19.5. The maximum atomic E-state index is 5.74. The van der Waals surface area contributed by atoms with Crippen LogP contribution < -0.4 is 15.5 Å². The lowest BCUT2D eigenvalue weighted by molar-refractivity contribution is 0.117. The Labute approximate surface area is 175 Å². The maximum absolute atomic E-state index is 5.74. The first-order valence-corrected chi connectivity index (χ1v) is 10.6. The summed E-state index contributed by atoms with van der Waals surface area (Å²) in [5.41, 5.74) is 3.84. The van der Waals surface area contributed by atoms with Crippen LogP contribution in [0.15, 0.2) is 59.6 Å². The fourth-order valence-electron chi connectivity index (χ4n) is 3.56. The van der Waals surface area contributed by atoms with Gasteiger partial charge < -0.3 is 20.3 Å². The molecule has 1 fully saturated rings. The maximum Gasteiger partial charge on any atom is 0.191 e. The van der Waals surface area contributed by atoms with Gasteiger partial charge in [-0.1, -0.05) is 48.0 Å². The third-order valence-electron chi connectivity index (χ3n) is 5.27. The van der Waals surface area contributed by atoms with Crippen molar-refractivity contribution in [2.45, 2.75) is 38.8 Å². The molecule has 29 heavy (non-hydrogen) atoms. The molecular formula is C24H34N4O. The van der Waals surface area contributed by atoms with Crippen molar-refractivity contribution in [3.63, 3.8) is 0 Å². The zero-order valence-electron chi connectivity index (χ0n) is 17.7. The minimum atomic E-state index is 0.428. The van der Waals surface area contributed by atoms with Crippen LogP contribution in [0.2, 0.25) is 0 Å². The van der Waals surface area contributed by atoms with Crippen molar-refractivity contribution >= 4 is 11.6 Å². The minimum absolute atomic E-state index is 0.428. The number of benzene rings is 2. The summed E-state index contributed by atoms with van der Waals surface area (Å²) in [4.78, 5) is 6.82. The Kier molecular flexibility index (Phi) is 8.38. The van der Waals surface area contributed by atoms with Gasteiger partial charge in [-0.05, 0) is 43.9 Å². The summed E-state index contributed by atoms with van der Waals surface area (Å²) >= 11 is 0. The van der Waals surface area contributed by atoms with Gasteiger partial charge >= 0.3 is 0 Å². The number of nitrogens with zero attached hydrogens (tertiary/aromatic N) is 2. The van der Waals surface area contributed by atoms with E-state index in [2.05, 4.69) is 63.8 Å². The average molecular weight is 395 g/mol. The SMILES string of the molecule is CN=C(NCCCCOCc1ccccc1)NC1CCN(c2ccc(C)cc2)C1. The number of guanidine groups is 1. The molecule has 2 aromatic rings. The number of unbranched alkanes of at least 4 members (excludes halogenated alkanes) is 1. The van der Waals surface area contributed by atoms with Gasteiger partial charge in [-0.3, -0.25) is 4.99 Å². The van der Waals surface area contributed by atoms with Gasteiger partial charge in [0, 0.05) is 45.0 Å². The predicted octanol–water partition coefficient (Wildman–Crippen LogP) is 3.74. The lowest BCUT2D eigenvalue weighted by Crippen LogP contribution is -2.44. The summed E-state index contributed by atoms with van der Waals surface area (Å²) in [5, 5.41) is 7.00. The number of rotatable bonds is 9. The molecule has 0 aromatic heterocycles. The molecule has 1 unspecified atom stereocenters. The van der Waals surface area contributed by atoms with Crippen molar-refractivity contribution in [3.05, 3.63) is 65.7 Å². The molecule has 1 saturated heterocycles. The van der Waals surface area contributed by atoms with E-state index >= 15 is 0 Å². The molecule has 3 rings (SSSR count). The molecule has 2 N–H and O–H groups in total. The van der Waals surface area contributed by atoms with Gasteiger partial charge in [-0.15, -0.1) is 0 Å². The van der Waals surface area contributed by atoms with Crippen molar-refractivity contribution in [2.24, 2.45) is 4.99 Å². The van der Waals surface area contributed by atoms with Crippen molar-refractivity contribution in [2.75, 3.05) is 38.2 Å². The highest BCUT2D eigenvalue weighted by Gasteiger charge is 2.23. The number of ether oxygens (including phenoxy) is 1. The molecule has 1 heterocycles. The molecule has 0 aliphatic carbocycles. The van der Waals surface area contributed by atoms with Gasteiger partial charge in [-0.2, -0.15) is 0 Å². The number of nitrogens with one attached hydrogen (secondary N) is 2. The lowest BCUT2D eigenvalue weighted by Gasteiger charge is -2.20. The number of hydrogen-bond donors (Lipinski definition) is 2. The van der Waals surface area contributed by atoms with Crippen molar-refractivity contribution in [1.29, 1.82) is 0 Å². The number of anilines is 1. The van der Waals surface area contributed by atoms with Crippen LogP contribution in [0.4, 0.5) is 5.69 Å². The molecule has 0 bridgehead atoms. The first-order chi connectivity index (χ1) is 14.2. The second-order valence-corrected chi connectivity index (χ2v) is 7.66. The Hall–Kier alpha value is -2.53. The molecule has 1 aliphatic rings. The lowest BCUT2D eigenvalue weighted by atomic mass is 10.2. The van der Waals surface area contributed by atoms with Gasteiger partial charge in [0.15, 0.2) is 5.96 Å². The molecule has 0 radical (unpaired) electrons. The summed E-state index contributed by atoms with van der Waals surface area (Å²) in [6.07, 6.45) is 3.24. The van der Waals surface area contributed by atoms with Crippen LogP contribution in [0.25, 0.3) is 0 Å². The fourth-order valence-corrected chi connectivity index (χ4v) is 3.56. The summed E-state index contributed by atoms with van der Waals surface area (Å²) < 4.78 is 5.74. The Morgan fingerprint density at radius 3 is 2.66 bits per heavy atom. The minimum Gasteiger partial charge on any atom is -0.377 e. The molecule has 1 atom stereocenters. The van der Waals surface area contributed by atoms with Gasteiger partial charge in [0.1, 0.15) is 0 Å². The van der Waals surface area contributed by atoms with Gasteiger partial charge in [0.05, 0.1) is 6.61 Å². The molecular weight excluding hydrogens is 360 g/mol. The molecule has 0 saturated carbocycles. The molecule has 1 aliphatic heterocycles. The van der Waals surface area contributed by atoms with Crippen LogP contribution in [0.5, 0.6) is 0 Å². The van der Waals surface area contributed by atoms with Gasteiger partial charge in [-0.25, -0.2) is 0 Å². The first-order valence-electron chi connectivity index (χ1n) is 10.6. The normalized spacial score (nSPS) is 16.8. The first kappa shape index (κ1) is 21.2. The van der Waals surface area contributed by atoms with Crippen molar-refractivity contribution < 1.29 is 4.74 Å². The van der Waals surface area contributed by atoms with Crippen molar-refractivity contribution in [3.8, 4) is 0 Å². The summed E-state index contributed by atoms with van der Waals surface area (Å²) in [7, 11) is 1.84. The largest absolute Gasteiger partial charge is 0.377 e.